The third-order valence-electron chi connectivity index (χ3n) is 3.94. The summed E-state index contributed by atoms with van der Waals surface area (Å²) in [7, 11) is 1.74. The molecule has 3 rings (SSSR count). The molecule has 0 fully saturated rings. The third-order valence-corrected chi connectivity index (χ3v) is 3.94. The highest BCUT2D eigenvalue weighted by molar-refractivity contribution is 5.80. The Hall–Kier alpha value is -3.15. The summed E-state index contributed by atoms with van der Waals surface area (Å²) in [6.45, 7) is 2.22. The summed E-state index contributed by atoms with van der Waals surface area (Å²) in [6, 6.07) is 18.9. The molecule has 0 aliphatic heterocycles. The van der Waals surface area contributed by atoms with Gasteiger partial charge in [-0.25, -0.2) is 0 Å². The quantitative estimate of drug-likeness (QED) is 0.654. The van der Waals surface area contributed by atoms with Gasteiger partial charge in [0, 0.05) is 25.6 Å². The van der Waals surface area contributed by atoms with Crippen molar-refractivity contribution in [3.63, 3.8) is 0 Å². The zero-order valence-corrected chi connectivity index (χ0v) is 14.8. The average Bonchev–Trinajstić information content (AvgIpc) is 3.16. The first kappa shape index (κ1) is 17.7. The first-order chi connectivity index (χ1) is 12.6. The molecule has 1 atom stereocenters. The van der Waals surface area contributed by atoms with Gasteiger partial charge in [0.15, 0.2) is 11.9 Å². The lowest BCUT2D eigenvalue weighted by Gasteiger charge is -2.21. The van der Waals surface area contributed by atoms with Crippen LogP contribution in [0.3, 0.4) is 0 Å². The highest BCUT2D eigenvalue weighted by Crippen LogP contribution is 2.16. The van der Waals surface area contributed by atoms with Crippen LogP contribution in [0.4, 0.5) is 0 Å². The number of rotatable bonds is 7. The van der Waals surface area contributed by atoms with E-state index in [1.54, 1.807) is 18.9 Å². The minimum absolute atomic E-state index is 0.0966. The van der Waals surface area contributed by atoms with Gasteiger partial charge in [-0.15, -0.1) is 0 Å². The molecule has 134 valence electrons. The molecular weight excluding hydrogens is 330 g/mol. The molecule has 0 radical (unpaired) electrons. The SMILES string of the molecule is C[C@@H](Oc1ccccc1)C(=O)N(C)CCc1noc(-c2ccccc2)n1. The zero-order chi connectivity index (χ0) is 18.4. The Kier molecular flexibility index (Phi) is 5.63. The highest BCUT2D eigenvalue weighted by atomic mass is 16.5. The van der Waals surface area contributed by atoms with E-state index in [-0.39, 0.29) is 5.91 Å². The number of carbonyl (C=O) groups excluding carboxylic acids is 1. The van der Waals surface area contributed by atoms with Crippen LogP contribution in [-0.2, 0) is 11.2 Å². The van der Waals surface area contributed by atoms with Crippen molar-refractivity contribution in [2.24, 2.45) is 0 Å². The predicted octanol–water partition coefficient (Wildman–Crippen LogP) is 3.21. The molecule has 0 saturated heterocycles. The van der Waals surface area contributed by atoms with Gasteiger partial charge in [-0.3, -0.25) is 4.79 Å². The number of para-hydroxylation sites is 1. The van der Waals surface area contributed by atoms with Gasteiger partial charge < -0.3 is 14.2 Å². The number of hydrogen-bond donors (Lipinski definition) is 0. The van der Waals surface area contributed by atoms with Crippen molar-refractivity contribution in [3.05, 3.63) is 66.5 Å². The van der Waals surface area contributed by atoms with Gasteiger partial charge in [0.05, 0.1) is 0 Å². The van der Waals surface area contributed by atoms with Crippen LogP contribution in [0.25, 0.3) is 11.5 Å². The summed E-state index contributed by atoms with van der Waals surface area (Å²) < 4.78 is 11.0. The van der Waals surface area contributed by atoms with E-state index in [0.29, 0.717) is 30.4 Å². The fourth-order valence-electron chi connectivity index (χ4n) is 2.50. The van der Waals surface area contributed by atoms with Gasteiger partial charge in [-0.1, -0.05) is 41.6 Å². The van der Waals surface area contributed by atoms with Crippen molar-refractivity contribution in [1.82, 2.24) is 15.0 Å². The molecule has 6 heteroatoms. The minimum atomic E-state index is -0.562. The lowest BCUT2D eigenvalue weighted by molar-refractivity contribution is -0.136. The second kappa shape index (κ2) is 8.29. The molecule has 6 nitrogen and oxygen atoms in total. The molecule has 1 heterocycles. The molecular formula is C20H21N3O3. The second-order valence-electron chi connectivity index (χ2n) is 5.96. The molecule has 0 unspecified atom stereocenters. The number of likely N-dealkylation sites (N-methyl/N-ethyl adjacent to an activating group) is 1. The van der Waals surface area contributed by atoms with Crippen LogP contribution >= 0.6 is 0 Å². The van der Waals surface area contributed by atoms with E-state index in [0.717, 1.165) is 5.56 Å². The van der Waals surface area contributed by atoms with Crippen molar-refractivity contribution < 1.29 is 14.1 Å². The smallest absolute Gasteiger partial charge is 0.263 e. The molecule has 0 saturated carbocycles. The predicted molar refractivity (Wildman–Crippen MR) is 97.6 cm³/mol. The molecule has 26 heavy (non-hydrogen) atoms. The molecule has 0 spiro atoms. The standard InChI is InChI=1S/C20H21N3O3/c1-15(25-17-11-7-4-8-12-17)20(24)23(2)14-13-18-21-19(26-22-18)16-9-5-3-6-10-16/h3-12,15H,13-14H2,1-2H3/t15-/m1/s1. The summed E-state index contributed by atoms with van der Waals surface area (Å²) >= 11 is 0. The summed E-state index contributed by atoms with van der Waals surface area (Å²) in [6.07, 6.45) is -0.0519. The zero-order valence-electron chi connectivity index (χ0n) is 14.8. The molecule has 0 aliphatic carbocycles. The highest BCUT2D eigenvalue weighted by Gasteiger charge is 2.19. The molecule has 2 aromatic carbocycles. The number of nitrogens with zero attached hydrogens (tertiary/aromatic N) is 3. The second-order valence-corrected chi connectivity index (χ2v) is 5.96. The average molecular weight is 351 g/mol. The first-order valence-electron chi connectivity index (χ1n) is 8.48. The molecule has 1 amide bonds. The lowest BCUT2D eigenvalue weighted by atomic mass is 10.2. The molecule has 0 N–H and O–H groups in total. The third kappa shape index (κ3) is 4.47. The van der Waals surface area contributed by atoms with E-state index in [2.05, 4.69) is 10.1 Å². The van der Waals surface area contributed by atoms with Crippen molar-refractivity contribution in [2.45, 2.75) is 19.4 Å². The van der Waals surface area contributed by atoms with Crippen LogP contribution in [0.5, 0.6) is 5.75 Å². The van der Waals surface area contributed by atoms with E-state index < -0.39 is 6.10 Å². The Morgan fingerprint density at radius 2 is 1.77 bits per heavy atom. The summed E-state index contributed by atoms with van der Waals surface area (Å²) in [4.78, 5) is 18.4. The van der Waals surface area contributed by atoms with Gasteiger partial charge in [0.1, 0.15) is 5.75 Å². The van der Waals surface area contributed by atoms with E-state index in [9.17, 15) is 4.79 Å². The molecule has 3 aromatic rings. The van der Waals surface area contributed by atoms with E-state index in [1.165, 1.54) is 0 Å². The Morgan fingerprint density at radius 1 is 1.12 bits per heavy atom. The van der Waals surface area contributed by atoms with Crippen molar-refractivity contribution >= 4 is 5.91 Å². The Morgan fingerprint density at radius 3 is 2.46 bits per heavy atom. The Bertz CT molecular complexity index is 834. The summed E-state index contributed by atoms with van der Waals surface area (Å²) in [5.74, 6) is 1.63. The van der Waals surface area contributed by atoms with Gasteiger partial charge >= 0.3 is 0 Å². The first-order valence-corrected chi connectivity index (χ1v) is 8.48. The minimum Gasteiger partial charge on any atom is -0.481 e. The normalized spacial score (nSPS) is 11.8. The van der Waals surface area contributed by atoms with Crippen LogP contribution in [-0.4, -0.2) is 40.6 Å². The Labute approximate surface area is 152 Å². The topological polar surface area (TPSA) is 68.5 Å². The maximum Gasteiger partial charge on any atom is 0.263 e. The molecule has 0 bridgehead atoms. The monoisotopic (exact) mass is 351 g/mol. The van der Waals surface area contributed by atoms with E-state index >= 15 is 0 Å². The van der Waals surface area contributed by atoms with Gasteiger partial charge in [0.25, 0.3) is 11.8 Å². The summed E-state index contributed by atoms with van der Waals surface area (Å²) in [5, 5.41) is 3.98. The van der Waals surface area contributed by atoms with E-state index in [4.69, 9.17) is 9.26 Å². The van der Waals surface area contributed by atoms with Crippen LogP contribution in [0.1, 0.15) is 12.7 Å². The van der Waals surface area contributed by atoms with E-state index in [1.807, 2.05) is 60.7 Å². The molecule has 0 aliphatic rings. The number of amides is 1. The van der Waals surface area contributed by atoms with Crippen molar-refractivity contribution in [3.8, 4) is 17.2 Å². The maximum atomic E-state index is 12.4. The van der Waals surface area contributed by atoms with Gasteiger partial charge in [-0.05, 0) is 31.2 Å². The number of ether oxygens (including phenoxy) is 1. The maximum absolute atomic E-state index is 12.4. The largest absolute Gasteiger partial charge is 0.481 e. The van der Waals surface area contributed by atoms with Crippen molar-refractivity contribution in [2.75, 3.05) is 13.6 Å². The Balaban J connectivity index is 1.52. The van der Waals surface area contributed by atoms with Gasteiger partial charge in [-0.2, -0.15) is 4.98 Å². The van der Waals surface area contributed by atoms with Crippen LogP contribution < -0.4 is 4.74 Å². The van der Waals surface area contributed by atoms with Crippen LogP contribution in [0, 0.1) is 0 Å². The van der Waals surface area contributed by atoms with Crippen molar-refractivity contribution in [1.29, 1.82) is 0 Å². The fraction of sp³-hybridized carbons (Fsp3) is 0.250. The molecule has 1 aromatic heterocycles. The number of hydrogen-bond acceptors (Lipinski definition) is 5. The summed E-state index contributed by atoms with van der Waals surface area (Å²) in [5.41, 5.74) is 0.876. The fourth-order valence-corrected chi connectivity index (χ4v) is 2.50. The number of aromatic nitrogens is 2. The lowest BCUT2D eigenvalue weighted by Crippen LogP contribution is -2.39. The van der Waals surface area contributed by atoms with Gasteiger partial charge in [0.2, 0.25) is 0 Å². The number of carbonyl (C=O) groups is 1. The van der Waals surface area contributed by atoms with Crippen LogP contribution in [0.15, 0.2) is 65.2 Å². The number of benzene rings is 2. The van der Waals surface area contributed by atoms with Crippen LogP contribution in [0.2, 0.25) is 0 Å².